The third kappa shape index (κ3) is 5.93. The maximum absolute atomic E-state index is 12.5. The minimum Gasteiger partial charge on any atom is -0.379 e. The van der Waals surface area contributed by atoms with Gasteiger partial charge in [0.25, 0.3) is 0 Å². The first kappa shape index (κ1) is 19.6. The monoisotopic (exact) mass is 384 g/mol. The van der Waals surface area contributed by atoms with Gasteiger partial charge in [-0.25, -0.2) is 0 Å². The Morgan fingerprint density at radius 2 is 1.89 bits per heavy atom. The first-order valence-electron chi connectivity index (χ1n) is 9.21. The van der Waals surface area contributed by atoms with Crippen LogP contribution < -0.4 is 5.32 Å². The number of amides is 1. The van der Waals surface area contributed by atoms with Crippen molar-refractivity contribution in [1.29, 1.82) is 0 Å². The second kappa shape index (κ2) is 9.70. The fourth-order valence-electron chi connectivity index (χ4n) is 3.07. The number of rotatable bonds is 6. The summed E-state index contributed by atoms with van der Waals surface area (Å²) in [7, 11) is 0. The van der Waals surface area contributed by atoms with Gasteiger partial charge in [-0.1, -0.05) is 59.6 Å². The number of morpholine rings is 1. The lowest BCUT2D eigenvalue weighted by Crippen LogP contribution is -2.42. The van der Waals surface area contributed by atoms with Crippen LogP contribution in [0.2, 0.25) is 5.02 Å². The van der Waals surface area contributed by atoms with Gasteiger partial charge in [0.05, 0.1) is 19.3 Å². The molecular weight excluding hydrogens is 360 g/mol. The predicted octanol–water partition coefficient (Wildman–Crippen LogP) is 3.85. The zero-order valence-corrected chi connectivity index (χ0v) is 16.3. The number of carbonyl (C=O) groups is 1. The Labute approximate surface area is 165 Å². The van der Waals surface area contributed by atoms with E-state index in [0.29, 0.717) is 5.02 Å². The summed E-state index contributed by atoms with van der Waals surface area (Å²) in [4.78, 5) is 14.9. The molecule has 1 amide bonds. The molecule has 0 unspecified atom stereocenters. The molecular formula is C22H25ClN2O2. The van der Waals surface area contributed by atoms with Crippen molar-refractivity contribution in [3.8, 4) is 0 Å². The molecule has 0 bridgehead atoms. The van der Waals surface area contributed by atoms with Gasteiger partial charge in [-0.05, 0) is 30.2 Å². The average molecular weight is 385 g/mol. The van der Waals surface area contributed by atoms with Crippen molar-refractivity contribution in [2.45, 2.75) is 13.0 Å². The van der Waals surface area contributed by atoms with E-state index in [-0.39, 0.29) is 11.9 Å². The van der Waals surface area contributed by atoms with E-state index >= 15 is 0 Å². The van der Waals surface area contributed by atoms with Crippen LogP contribution in [-0.4, -0.2) is 43.7 Å². The molecule has 0 aromatic heterocycles. The van der Waals surface area contributed by atoms with E-state index in [1.165, 1.54) is 5.56 Å². The Morgan fingerprint density at radius 3 is 2.59 bits per heavy atom. The highest BCUT2D eigenvalue weighted by Gasteiger charge is 2.19. The van der Waals surface area contributed by atoms with E-state index < -0.39 is 0 Å². The molecule has 142 valence electrons. The molecule has 27 heavy (non-hydrogen) atoms. The summed E-state index contributed by atoms with van der Waals surface area (Å²) in [5.41, 5.74) is 3.13. The summed E-state index contributed by atoms with van der Waals surface area (Å²) in [5, 5.41) is 3.77. The second-order valence-electron chi connectivity index (χ2n) is 6.74. The van der Waals surface area contributed by atoms with Gasteiger partial charge in [0.15, 0.2) is 0 Å². The minimum absolute atomic E-state index is 0.0768. The van der Waals surface area contributed by atoms with Crippen LogP contribution >= 0.6 is 11.6 Å². The second-order valence-corrected chi connectivity index (χ2v) is 7.15. The molecule has 1 aliphatic heterocycles. The van der Waals surface area contributed by atoms with E-state index in [1.54, 1.807) is 12.2 Å². The number of ether oxygens (including phenoxy) is 1. The molecule has 3 rings (SSSR count). The molecule has 2 aromatic rings. The normalized spacial score (nSPS) is 16.4. The number of carbonyl (C=O) groups excluding carboxylic acids is 1. The first-order valence-corrected chi connectivity index (χ1v) is 9.59. The molecule has 1 saturated heterocycles. The maximum atomic E-state index is 12.5. The molecule has 1 fully saturated rings. The van der Waals surface area contributed by atoms with Crippen LogP contribution in [0.1, 0.15) is 22.7 Å². The molecule has 0 radical (unpaired) electrons. The van der Waals surface area contributed by atoms with Gasteiger partial charge >= 0.3 is 0 Å². The van der Waals surface area contributed by atoms with Crippen LogP contribution in [0.4, 0.5) is 0 Å². The van der Waals surface area contributed by atoms with Gasteiger partial charge in [-0.15, -0.1) is 0 Å². The van der Waals surface area contributed by atoms with Crippen molar-refractivity contribution in [1.82, 2.24) is 10.2 Å². The standard InChI is InChI=1S/C22H25ClN2O2/c1-17-6-8-19(9-7-17)21(16-25-12-14-27-15-13-25)24-22(26)11-10-18-4-2-3-5-20(18)23/h2-11,21H,12-16H2,1H3,(H,24,26)/b11-10+/t21-/m0/s1. The Hall–Kier alpha value is -2.14. The van der Waals surface area contributed by atoms with Gasteiger partial charge < -0.3 is 10.1 Å². The Morgan fingerprint density at radius 1 is 1.19 bits per heavy atom. The fourth-order valence-corrected chi connectivity index (χ4v) is 3.27. The number of hydrogen-bond donors (Lipinski definition) is 1. The zero-order valence-electron chi connectivity index (χ0n) is 15.5. The van der Waals surface area contributed by atoms with Gasteiger partial charge in [0, 0.05) is 30.7 Å². The van der Waals surface area contributed by atoms with E-state index in [2.05, 4.69) is 41.4 Å². The van der Waals surface area contributed by atoms with Crippen molar-refractivity contribution in [2.75, 3.05) is 32.8 Å². The lowest BCUT2D eigenvalue weighted by Gasteiger charge is -2.31. The zero-order chi connectivity index (χ0) is 19.1. The van der Waals surface area contributed by atoms with Gasteiger partial charge in [-0.3, -0.25) is 9.69 Å². The predicted molar refractivity (Wildman–Crippen MR) is 110 cm³/mol. The van der Waals surface area contributed by atoms with Crippen molar-refractivity contribution < 1.29 is 9.53 Å². The van der Waals surface area contributed by atoms with Crippen molar-refractivity contribution in [3.05, 3.63) is 76.3 Å². The number of benzene rings is 2. The summed E-state index contributed by atoms with van der Waals surface area (Å²) in [6.07, 6.45) is 3.29. The van der Waals surface area contributed by atoms with E-state index in [4.69, 9.17) is 16.3 Å². The van der Waals surface area contributed by atoms with Gasteiger partial charge in [-0.2, -0.15) is 0 Å². The van der Waals surface area contributed by atoms with Crippen LogP contribution in [0.5, 0.6) is 0 Å². The number of aryl methyl sites for hydroxylation is 1. The van der Waals surface area contributed by atoms with Crippen LogP contribution in [0.15, 0.2) is 54.6 Å². The third-order valence-electron chi connectivity index (χ3n) is 4.66. The van der Waals surface area contributed by atoms with Crippen molar-refractivity contribution in [2.24, 2.45) is 0 Å². The summed E-state index contributed by atoms with van der Waals surface area (Å²) >= 11 is 6.15. The molecule has 0 spiro atoms. The van der Waals surface area contributed by atoms with E-state index in [1.807, 2.05) is 24.3 Å². The molecule has 1 heterocycles. The van der Waals surface area contributed by atoms with Crippen LogP contribution in [0.25, 0.3) is 6.08 Å². The van der Waals surface area contributed by atoms with Crippen molar-refractivity contribution in [3.63, 3.8) is 0 Å². The lowest BCUT2D eigenvalue weighted by molar-refractivity contribution is -0.117. The first-order chi connectivity index (χ1) is 13.1. The van der Waals surface area contributed by atoms with E-state index in [0.717, 1.165) is 44.0 Å². The van der Waals surface area contributed by atoms with Crippen LogP contribution in [0, 0.1) is 6.92 Å². The van der Waals surface area contributed by atoms with E-state index in [9.17, 15) is 4.79 Å². The number of nitrogens with one attached hydrogen (secondary N) is 1. The highest BCUT2D eigenvalue weighted by molar-refractivity contribution is 6.32. The highest BCUT2D eigenvalue weighted by Crippen LogP contribution is 2.18. The summed E-state index contributed by atoms with van der Waals surface area (Å²) < 4.78 is 5.43. The molecule has 4 nitrogen and oxygen atoms in total. The summed E-state index contributed by atoms with van der Waals surface area (Å²) in [6.45, 7) is 6.06. The molecule has 5 heteroatoms. The Kier molecular flexibility index (Phi) is 7.04. The van der Waals surface area contributed by atoms with Gasteiger partial charge in [0.2, 0.25) is 5.91 Å². The molecule has 1 atom stereocenters. The maximum Gasteiger partial charge on any atom is 0.244 e. The highest BCUT2D eigenvalue weighted by atomic mass is 35.5. The lowest BCUT2D eigenvalue weighted by atomic mass is 10.0. The topological polar surface area (TPSA) is 41.6 Å². The third-order valence-corrected chi connectivity index (χ3v) is 5.00. The van der Waals surface area contributed by atoms with Crippen LogP contribution in [-0.2, 0) is 9.53 Å². The number of nitrogens with zero attached hydrogens (tertiary/aromatic N) is 1. The van der Waals surface area contributed by atoms with Crippen molar-refractivity contribution >= 4 is 23.6 Å². The molecule has 0 saturated carbocycles. The quantitative estimate of drug-likeness (QED) is 0.769. The largest absolute Gasteiger partial charge is 0.379 e. The van der Waals surface area contributed by atoms with Gasteiger partial charge in [0.1, 0.15) is 0 Å². The average Bonchev–Trinajstić information content (AvgIpc) is 2.68. The SMILES string of the molecule is Cc1ccc([C@H](CN2CCOCC2)NC(=O)/C=C/c2ccccc2Cl)cc1. The molecule has 1 aliphatic rings. The fraction of sp³-hybridized carbons (Fsp3) is 0.318. The summed E-state index contributed by atoms with van der Waals surface area (Å²) in [6, 6.07) is 15.7. The molecule has 1 N–H and O–H groups in total. The smallest absolute Gasteiger partial charge is 0.244 e. The molecule has 0 aliphatic carbocycles. The number of hydrogen-bond acceptors (Lipinski definition) is 3. The number of halogens is 1. The molecule has 2 aromatic carbocycles. The Bertz CT molecular complexity index is 783. The Balaban J connectivity index is 1.70. The summed E-state index contributed by atoms with van der Waals surface area (Å²) in [5.74, 6) is -0.131. The van der Waals surface area contributed by atoms with Crippen LogP contribution in [0.3, 0.4) is 0 Å². The minimum atomic E-state index is -0.131.